The number of hydrogen-bond acceptors (Lipinski definition) is 6. The maximum absolute atomic E-state index is 12.9. The van der Waals surface area contributed by atoms with Crippen LogP contribution in [0.3, 0.4) is 0 Å². The summed E-state index contributed by atoms with van der Waals surface area (Å²) in [5.41, 5.74) is 0.145. The number of nitrogens with zero attached hydrogens (tertiary/aromatic N) is 1. The highest BCUT2D eigenvalue weighted by Gasteiger charge is 2.73. The fourth-order valence-electron chi connectivity index (χ4n) is 6.09. The summed E-state index contributed by atoms with van der Waals surface area (Å²) < 4.78 is 11.9. The third-order valence-electron chi connectivity index (χ3n) is 7.40. The lowest BCUT2D eigenvalue weighted by molar-refractivity contribution is -0.187. The Kier molecular flexibility index (Phi) is 4.00. The van der Waals surface area contributed by atoms with Gasteiger partial charge in [-0.25, -0.2) is 0 Å². The van der Waals surface area contributed by atoms with Gasteiger partial charge in [-0.1, -0.05) is 26.0 Å². The molecule has 1 N–H and O–H groups in total. The van der Waals surface area contributed by atoms with Gasteiger partial charge in [-0.2, -0.15) is 0 Å². The molecule has 0 amide bonds. The molecule has 6 heteroatoms. The fourth-order valence-corrected chi connectivity index (χ4v) is 6.09. The normalized spacial score (nSPS) is 34.6. The van der Waals surface area contributed by atoms with Crippen molar-refractivity contribution in [2.75, 3.05) is 13.1 Å². The van der Waals surface area contributed by atoms with Gasteiger partial charge in [-0.05, 0) is 30.9 Å². The number of likely N-dealkylation sites (tertiary alicyclic amines) is 1. The van der Waals surface area contributed by atoms with Crippen LogP contribution in [0.15, 0.2) is 24.8 Å². The molecule has 0 radical (unpaired) electrons. The minimum absolute atomic E-state index is 0.0239. The van der Waals surface area contributed by atoms with Gasteiger partial charge in [0, 0.05) is 31.1 Å². The molecule has 1 saturated carbocycles. The molecule has 29 heavy (non-hydrogen) atoms. The van der Waals surface area contributed by atoms with Crippen molar-refractivity contribution in [1.29, 1.82) is 0 Å². The zero-order chi connectivity index (χ0) is 20.6. The molecule has 5 rings (SSSR count). The van der Waals surface area contributed by atoms with Gasteiger partial charge in [-0.3, -0.25) is 14.5 Å². The van der Waals surface area contributed by atoms with Crippen LogP contribution in [0.25, 0.3) is 0 Å². The van der Waals surface area contributed by atoms with E-state index >= 15 is 0 Å². The van der Waals surface area contributed by atoms with Crippen molar-refractivity contribution in [3.63, 3.8) is 0 Å². The summed E-state index contributed by atoms with van der Waals surface area (Å²) in [5.74, 6) is 0.244. The zero-order valence-corrected chi connectivity index (χ0v) is 16.9. The quantitative estimate of drug-likeness (QED) is 0.477. The number of benzene rings is 1. The van der Waals surface area contributed by atoms with Gasteiger partial charge in [0.05, 0.1) is 16.9 Å². The van der Waals surface area contributed by atoms with E-state index in [1.54, 1.807) is 19.9 Å². The number of hydrogen-bond donors (Lipinski definition) is 1. The molecule has 154 valence electrons. The average molecular weight is 397 g/mol. The van der Waals surface area contributed by atoms with Crippen molar-refractivity contribution < 1.29 is 24.2 Å². The first kappa shape index (κ1) is 18.8. The largest absolute Gasteiger partial charge is 0.477 e. The molecule has 2 heterocycles. The molecule has 1 aromatic rings. The van der Waals surface area contributed by atoms with E-state index in [4.69, 9.17) is 9.47 Å². The number of aliphatic hydroxyl groups is 1. The molecular weight excluding hydrogens is 370 g/mol. The number of ether oxygens (including phenoxy) is 2. The lowest BCUT2D eigenvalue weighted by Gasteiger charge is -2.62. The van der Waals surface area contributed by atoms with Crippen LogP contribution in [0.5, 0.6) is 11.5 Å². The molecule has 0 unspecified atom stereocenters. The molecule has 2 bridgehead atoms. The number of rotatable bonds is 4. The smallest absolute Gasteiger partial charge is 0.313 e. The number of esters is 1. The molecule has 6 nitrogen and oxygen atoms in total. The van der Waals surface area contributed by atoms with E-state index in [1.165, 1.54) is 0 Å². The monoisotopic (exact) mass is 397 g/mol. The minimum atomic E-state index is -1.05. The van der Waals surface area contributed by atoms with Gasteiger partial charge in [0.1, 0.15) is 0 Å². The minimum Gasteiger partial charge on any atom is -0.477 e. The van der Waals surface area contributed by atoms with Crippen LogP contribution >= 0.6 is 0 Å². The molecule has 4 aliphatic rings. The number of piperidine rings is 1. The van der Waals surface area contributed by atoms with E-state index in [0.717, 1.165) is 17.7 Å². The van der Waals surface area contributed by atoms with Gasteiger partial charge in [0.15, 0.2) is 23.4 Å². The third-order valence-corrected chi connectivity index (χ3v) is 7.40. The predicted octanol–water partition coefficient (Wildman–Crippen LogP) is 2.16. The average Bonchev–Trinajstić information content (AvgIpc) is 3.04. The molecular formula is C23H27NO5. The highest BCUT2D eigenvalue weighted by atomic mass is 16.6. The second-order valence-corrected chi connectivity index (χ2v) is 9.12. The second-order valence-electron chi connectivity index (χ2n) is 9.12. The summed E-state index contributed by atoms with van der Waals surface area (Å²) in [4.78, 5) is 27.4. The van der Waals surface area contributed by atoms with Crippen molar-refractivity contribution >= 4 is 11.8 Å². The molecule has 2 aliphatic carbocycles. The highest BCUT2D eigenvalue weighted by molar-refractivity contribution is 5.90. The first-order valence-electron chi connectivity index (χ1n) is 10.5. The Morgan fingerprint density at radius 1 is 1.45 bits per heavy atom. The van der Waals surface area contributed by atoms with Crippen LogP contribution in [0, 0.1) is 5.92 Å². The SMILES string of the molecule is C=CCN1CC[C@]23c4c5ccc(OC(=O)C(C)C)c4O[C@H]2C(=O)CC[C@@]3(O)[C@H]1C5. The third kappa shape index (κ3) is 2.24. The number of ketones is 1. The standard InChI is InChI=1S/C23H27NO5/c1-4-10-24-11-9-22-18-14-5-6-16(28-21(26)13(2)3)19(18)29-20(22)15(25)7-8-23(22,27)17(24)12-14/h4-6,13,17,20,27H,1,7-12H2,2-3H3/t17-,20+,22+,23-/m1/s1. The maximum atomic E-state index is 12.9. The van der Waals surface area contributed by atoms with Crippen LogP contribution in [0.1, 0.15) is 44.2 Å². The molecule has 1 saturated heterocycles. The van der Waals surface area contributed by atoms with E-state index in [-0.39, 0.29) is 23.7 Å². The molecule has 0 aromatic heterocycles. The lowest BCUT2D eigenvalue weighted by Crippen LogP contribution is -2.76. The summed E-state index contributed by atoms with van der Waals surface area (Å²) in [6.07, 6.45) is 3.18. The first-order valence-corrected chi connectivity index (χ1v) is 10.5. The van der Waals surface area contributed by atoms with E-state index in [9.17, 15) is 14.7 Å². The van der Waals surface area contributed by atoms with Gasteiger partial charge >= 0.3 is 5.97 Å². The van der Waals surface area contributed by atoms with Crippen molar-refractivity contribution in [3.8, 4) is 11.5 Å². The Balaban J connectivity index is 1.70. The lowest BCUT2D eigenvalue weighted by atomic mass is 9.49. The highest BCUT2D eigenvalue weighted by Crippen LogP contribution is 2.64. The Morgan fingerprint density at radius 3 is 2.97 bits per heavy atom. The molecule has 1 spiro atoms. The first-order chi connectivity index (χ1) is 13.8. The summed E-state index contributed by atoms with van der Waals surface area (Å²) in [5, 5.41) is 12.1. The van der Waals surface area contributed by atoms with Crippen LogP contribution in [0.2, 0.25) is 0 Å². The van der Waals surface area contributed by atoms with E-state index in [1.807, 2.05) is 12.1 Å². The molecule has 4 atom stereocenters. The van der Waals surface area contributed by atoms with E-state index < -0.39 is 17.1 Å². The van der Waals surface area contributed by atoms with Gasteiger partial charge in [-0.15, -0.1) is 6.58 Å². The zero-order valence-electron chi connectivity index (χ0n) is 16.9. The van der Waals surface area contributed by atoms with Crippen molar-refractivity contribution in [3.05, 3.63) is 35.9 Å². The van der Waals surface area contributed by atoms with E-state index in [2.05, 4.69) is 11.5 Å². The summed E-state index contributed by atoms with van der Waals surface area (Å²) in [7, 11) is 0. The Bertz CT molecular complexity index is 924. The Labute approximate surface area is 170 Å². The number of carbonyl (C=O) groups is 2. The van der Waals surface area contributed by atoms with Crippen molar-refractivity contribution in [2.45, 2.75) is 62.7 Å². The van der Waals surface area contributed by atoms with Crippen molar-refractivity contribution in [2.24, 2.45) is 5.92 Å². The van der Waals surface area contributed by atoms with E-state index in [0.29, 0.717) is 43.7 Å². The van der Waals surface area contributed by atoms with Crippen LogP contribution in [0.4, 0.5) is 0 Å². The molecule has 1 aromatic carbocycles. The fraction of sp³-hybridized carbons (Fsp3) is 0.565. The second kappa shape index (κ2) is 6.16. The van der Waals surface area contributed by atoms with Crippen LogP contribution in [-0.4, -0.2) is 52.6 Å². The van der Waals surface area contributed by atoms with Gasteiger partial charge < -0.3 is 14.6 Å². The van der Waals surface area contributed by atoms with Gasteiger partial charge in [0.2, 0.25) is 0 Å². The number of Topliss-reactive ketones (excluding diaryl/α,β-unsaturated/α-hetero) is 1. The Hall–Kier alpha value is -2.18. The maximum Gasteiger partial charge on any atom is 0.313 e. The topological polar surface area (TPSA) is 76.1 Å². The van der Waals surface area contributed by atoms with Crippen LogP contribution < -0.4 is 9.47 Å². The molecule has 2 fully saturated rings. The summed E-state index contributed by atoms with van der Waals surface area (Å²) in [6, 6.07) is 3.65. The van der Waals surface area contributed by atoms with Crippen molar-refractivity contribution in [1.82, 2.24) is 4.90 Å². The summed E-state index contributed by atoms with van der Waals surface area (Å²) in [6.45, 7) is 8.90. The number of carbonyl (C=O) groups excluding carboxylic acids is 2. The Morgan fingerprint density at radius 2 is 2.24 bits per heavy atom. The van der Waals surface area contributed by atoms with Crippen LogP contribution in [-0.2, 0) is 21.4 Å². The molecule has 2 aliphatic heterocycles. The summed E-state index contributed by atoms with van der Waals surface area (Å²) >= 11 is 0. The predicted molar refractivity (Wildman–Crippen MR) is 106 cm³/mol. The van der Waals surface area contributed by atoms with Gasteiger partial charge in [0.25, 0.3) is 0 Å².